The highest BCUT2D eigenvalue weighted by Gasteiger charge is 2.53. The van der Waals surface area contributed by atoms with Crippen molar-refractivity contribution in [3.63, 3.8) is 0 Å². The number of ether oxygens (including phenoxy) is 1. The lowest BCUT2D eigenvalue weighted by atomic mass is 9.65. The average molecular weight is 596 g/mol. The highest BCUT2D eigenvalue weighted by Crippen LogP contribution is 2.53. The van der Waals surface area contributed by atoms with Crippen LogP contribution in [0.15, 0.2) is 52.3 Å². The minimum Gasteiger partial charge on any atom is -0.379 e. The molecule has 0 spiro atoms. The number of halogens is 1. The smallest absolute Gasteiger partial charge is 0.255 e. The molecular formula is C27H34ClN3O6S2. The summed E-state index contributed by atoms with van der Waals surface area (Å²) in [5.74, 6) is -0.498. The number of nitrogens with zero attached hydrogens (tertiary/aromatic N) is 2. The van der Waals surface area contributed by atoms with Crippen molar-refractivity contribution in [3.8, 4) is 0 Å². The van der Waals surface area contributed by atoms with Crippen LogP contribution in [-0.4, -0.2) is 70.2 Å². The molecule has 2 heterocycles. The Hall–Kier alpha value is -2.02. The van der Waals surface area contributed by atoms with Crippen LogP contribution < -0.4 is 5.32 Å². The zero-order valence-corrected chi connectivity index (χ0v) is 24.7. The van der Waals surface area contributed by atoms with Crippen molar-refractivity contribution in [1.82, 2.24) is 8.61 Å². The van der Waals surface area contributed by atoms with Gasteiger partial charge >= 0.3 is 0 Å². The van der Waals surface area contributed by atoms with Crippen molar-refractivity contribution in [2.45, 2.75) is 55.9 Å². The molecule has 0 aromatic heterocycles. The van der Waals surface area contributed by atoms with Crippen molar-refractivity contribution >= 4 is 43.2 Å². The third-order valence-corrected chi connectivity index (χ3v) is 12.2. The summed E-state index contributed by atoms with van der Waals surface area (Å²) in [6.07, 6.45) is 2.68. The Morgan fingerprint density at radius 3 is 2.31 bits per heavy atom. The molecule has 39 heavy (non-hydrogen) atoms. The molecule has 1 saturated carbocycles. The molecule has 2 atom stereocenters. The Morgan fingerprint density at radius 2 is 1.64 bits per heavy atom. The van der Waals surface area contributed by atoms with E-state index in [1.807, 2.05) is 0 Å². The Labute approximate surface area is 235 Å². The molecule has 0 unspecified atom stereocenters. The third kappa shape index (κ3) is 5.62. The van der Waals surface area contributed by atoms with Crippen molar-refractivity contribution in [1.29, 1.82) is 0 Å². The Kier molecular flexibility index (Phi) is 7.39. The van der Waals surface area contributed by atoms with E-state index in [2.05, 4.69) is 26.1 Å². The van der Waals surface area contributed by atoms with Gasteiger partial charge in [-0.15, -0.1) is 0 Å². The van der Waals surface area contributed by atoms with Gasteiger partial charge in [0.1, 0.15) is 4.90 Å². The Morgan fingerprint density at radius 1 is 0.974 bits per heavy atom. The maximum Gasteiger partial charge on any atom is 0.255 e. The van der Waals surface area contributed by atoms with E-state index >= 15 is 0 Å². The van der Waals surface area contributed by atoms with Crippen molar-refractivity contribution in [2.75, 3.05) is 38.2 Å². The van der Waals surface area contributed by atoms with Crippen LogP contribution in [-0.2, 0) is 24.8 Å². The number of sulfonamides is 2. The van der Waals surface area contributed by atoms with Crippen LogP contribution in [0.25, 0.3) is 0 Å². The SMILES string of the molecule is CC1(C)C[C@H]2C[C@](C)(CN2S(=O)(=O)c2ccc(C(=O)Nc3ccc(Cl)c(S(=O)(=O)N4CCOCC4)c3)cc2)C1. The van der Waals surface area contributed by atoms with Crippen molar-refractivity contribution < 1.29 is 26.4 Å². The highest BCUT2D eigenvalue weighted by atomic mass is 35.5. The van der Waals surface area contributed by atoms with Gasteiger partial charge < -0.3 is 10.1 Å². The lowest BCUT2D eigenvalue weighted by Gasteiger charge is -2.39. The molecule has 2 aromatic rings. The second-order valence-electron chi connectivity index (χ2n) is 11.9. The van der Waals surface area contributed by atoms with E-state index in [-0.39, 0.29) is 56.0 Å². The lowest BCUT2D eigenvalue weighted by molar-refractivity contribution is 0.0730. The van der Waals surface area contributed by atoms with Crippen molar-refractivity contribution in [3.05, 3.63) is 53.1 Å². The molecule has 5 rings (SSSR count). The molecule has 3 fully saturated rings. The summed E-state index contributed by atoms with van der Waals surface area (Å²) >= 11 is 6.21. The summed E-state index contributed by atoms with van der Waals surface area (Å²) in [5, 5.41) is 2.75. The molecule has 1 amide bonds. The Bertz CT molecular complexity index is 1490. The molecule has 2 aromatic carbocycles. The summed E-state index contributed by atoms with van der Waals surface area (Å²) in [6.45, 7) is 8.10. The number of anilines is 1. The number of benzene rings is 2. The number of nitrogens with one attached hydrogen (secondary N) is 1. The topological polar surface area (TPSA) is 113 Å². The van der Waals surface area contributed by atoms with E-state index in [1.165, 1.54) is 46.8 Å². The van der Waals surface area contributed by atoms with Gasteiger partial charge in [0.15, 0.2) is 0 Å². The van der Waals surface area contributed by atoms with Crippen LogP contribution >= 0.6 is 11.6 Å². The summed E-state index contributed by atoms with van der Waals surface area (Å²) < 4.78 is 61.5. The molecule has 1 N–H and O–H groups in total. The van der Waals surface area contributed by atoms with Gasteiger partial charge in [0, 0.05) is 36.9 Å². The predicted octanol–water partition coefficient (Wildman–Crippen LogP) is 4.20. The fourth-order valence-electron chi connectivity index (χ4n) is 6.51. The second-order valence-corrected chi connectivity index (χ2v) is 16.1. The number of rotatable bonds is 6. The number of hydrogen-bond donors (Lipinski definition) is 1. The minimum atomic E-state index is -3.87. The zero-order valence-electron chi connectivity index (χ0n) is 22.3. The molecule has 212 valence electrons. The molecule has 12 heteroatoms. The van der Waals surface area contributed by atoms with Gasteiger partial charge in [-0.1, -0.05) is 32.4 Å². The number of morpholine rings is 1. The number of carbonyl (C=O) groups excluding carboxylic acids is 1. The summed E-state index contributed by atoms with van der Waals surface area (Å²) in [4.78, 5) is 13.0. The summed E-state index contributed by atoms with van der Waals surface area (Å²) in [7, 11) is -7.58. The van der Waals surface area contributed by atoms with Crippen LogP contribution in [0.3, 0.4) is 0 Å². The lowest BCUT2D eigenvalue weighted by Crippen LogP contribution is -2.40. The molecule has 2 saturated heterocycles. The maximum absolute atomic E-state index is 13.5. The second kappa shape index (κ2) is 10.1. The van der Waals surface area contributed by atoms with Crippen molar-refractivity contribution in [2.24, 2.45) is 10.8 Å². The summed E-state index contributed by atoms with van der Waals surface area (Å²) in [5.41, 5.74) is 0.557. The van der Waals surface area contributed by atoms with Crippen LogP contribution in [0.2, 0.25) is 5.02 Å². The largest absolute Gasteiger partial charge is 0.379 e. The number of amides is 1. The van der Waals surface area contributed by atoms with Gasteiger partial charge in [-0.3, -0.25) is 4.79 Å². The van der Waals surface area contributed by atoms with E-state index in [0.29, 0.717) is 19.8 Å². The maximum atomic E-state index is 13.5. The van der Waals surface area contributed by atoms with Gasteiger partial charge in [0.05, 0.1) is 23.1 Å². The predicted molar refractivity (Wildman–Crippen MR) is 149 cm³/mol. The van der Waals surface area contributed by atoms with Crippen LogP contribution in [0, 0.1) is 10.8 Å². The average Bonchev–Trinajstić information content (AvgIpc) is 3.14. The zero-order chi connectivity index (χ0) is 28.2. The quantitative estimate of drug-likeness (QED) is 0.535. The van der Waals surface area contributed by atoms with Crippen LogP contribution in [0.1, 0.15) is 50.4 Å². The number of carbonyl (C=O) groups is 1. The first-order chi connectivity index (χ1) is 18.2. The van der Waals surface area contributed by atoms with Crippen LogP contribution in [0.5, 0.6) is 0 Å². The first-order valence-corrected chi connectivity index (χ1v) is 16.3. The highest BCUT2D eigenvalue weighted by molar-refractivity contribution is 7.89. The van der Waals surface area contributed by atoms with Gasteiger partial charge in [-0.05, 0) is 72.6 Å². The normalized spacial score (nSPS) is 25.9. The third-order valence-electron chi connectivity index (χ3n) is 7.87. The molecule has 2 bridgehead atoms. The standard InChI is InChI=1S/C27H34ClN3O6S2/c1-26(2)15-21-16-27(3,17-26)18-31(21)38(33,34)22-7-4-19(5-8-22)25(32)29-20-6-9-23(28)24(14-20)39(35,36)30-10-12-37-13-11-30/h4-9,14,21H,10-13,15-18H2,1-3H3,(H,29,32)/t21-,27-/m0/s1. The first kappa shape index (κ1) is 28.5. The van der Waals surface area contributed by atoms with Gasteiger partial charge in [-0.25, -0.2) is 16.8 Å². The van der Waals surface area contributed by atoms with Gasteiger partial charge in [0.2, 0.25) is 20.0 Å². The van der Waals surface area contributed by atoms with Gasteiger partial charge in [-0.2, -0.15) is 8.61 Å². The van der Waals surface area contributed by atoms with E-state index in [0.717, 1.165) is 19.3 Å². The molecule has 0 radical (unpaired) electrons. The van der Waals surface area contributed by atoms with E-state index in [4.69, 9.17) is 16.3 Å². The molecule has 9 nitrogen and oxygen atoms in total. The number of fused-ring (bicyclic) bond motifs is 2. The first-order valence-electron chi connectivity index (χ1n) is 13.0. The van der Waals surface area contributed by atoms with Gasteiger partial charge in [0.25, 0.3) is 5.91 Å². The monoisotopic (exact) mass is 595 g/mol. The van der Waals surface area contributed by atoms with E-state index in [9.17, 15) is 21.6 Å². The summed E-state index contributed by atoms with van der Waals surface area (Å²) in [6, 6.07) is 10.1. The molecule has 3 aliphatic rings. The van der Waals surface area contributed by atoms with Crippen LogP contribution in [0.4, 0.5) is 5.69 Å². The molecule has 1 aliphatic carbocycles. The fraction of sp³-hybridized carbons (Fsp3) is 0.519. The number of hydrogen-bond acceptors (Lipinski definition) is 6. The molecular weight excluding hydrogens is 562 g/mol. The Balaban J connectivity index is 1.32. The minimum absolute atomic E-state index is 0.0282. The van der Waals surface area contributed by atoms with E-state index < -0.39 is 26.0 Å². The molecule has 2 aliphatic heterocycles. The fourth-order valence-corrected chi connectivity index (χ4v) is 10.2. The van der Waals surface area contributed by atoms with E-state index in [1.54, 1.807) is 4.31 Å².